The van der Waals surface area contributed by atoms with Crippen molar-refractivity contribution in [3.63, 3.8) is 0 Å². The fourth-order valence-corrected chi connectivity index (χ4v) is 2.02. The van der Waals surface area contributed by atoms with Gasteiger partial charge in [-0.3, -0.25) is 4.79 Å². The zero-order valence-corrected chi connectivity index (χ0v) is 10.7. The first kappa shape index (κ1) is 13.5. The van der Waals surface area contributed by atoms with Crippen LogP contribution in [0.25, 0.3) is 0 Å². The molecule has 0 saturated heterocycles. The van der Waals surface area contributed by atoms with Crippen molar-refractivity contribution in [3.05, 3.63) is 22.4 Å². The first-order valence-electron chi connectivity index (χ1n) is 5.34. The van der Waals surface area contributed by atoms with Gasteiger partial charge in [-0.1, -0.05) is 6.07 Å². The van der Waals surface area contributed by atoms with E-state index in [-0.39, 0.29) is 18.3 Å². The molecular formula is C11H17ClN2OS. The highest BCUT2D eigenvalue weighted by Crippen LogP contribution is 2.27. The maximum Gasteiger partial charge on any atom is 0.234 e. The van der Waals surface area contributed by atoms with Crippen LogP contribution < -0.4 is 10.6 Å². The zero-order valence-electron chi connectivity index (χ0n) is 9.07. The van der Waals surface area contributed by atoms with E-state index in [0.717, 1.165) is 12.5 Å². The maximum absolute atomic E-state index is 11.4. The summed E-state index contributed by atoms with van der Waals surface area (Å²) in [6.45, 7) is 2.09. The summed E-state index contributed by atoms with van der Waals surface area (Å²) in [6, 6.07) is 4.03. The number of hydrogen-bond acceptors (Lipinski definition) is 3. The van der Waals surface area contributed by atoms with Gasteiger partial charge in [0.25, 0.3) is 0 Å². The van der Waals surface area contributed by atoms with E-state index in [1.807, 2.05) is 17.5 Å². The number of hydrogen-bond donors (Lipinski definition) is 2. The molecule has 16 heavy (non-hydrogen) atoms. The number of amides is 1. The maximum atomic E-state index is 11.4. The van der Waals surface area contributed by atoms with Crippen LogP contribution in [0.5, 0.6) is 0 Å². The largest absolute Gasteiger partial charge is 0.350 e. The molecule has 1 aromatic rings. The molecule has 2 rings (SSSR count). The molecule has 1 heterocycles. The Morgan fingerprint density at radius 2 is 2.31 bits per heavy atom. The van der Waals surface area contributed by atoms with Crippen LogP contribution >= 0.6 is 23.7 Å². The fraction of sp³-hybridized carbons (Fsp3) is 0.545. The van der Waals surface area contributed by atoms with E-state index in [0.29, 0.717) is 13.1 Å². The van der Waals surface area contributed by atoms with E-state index in [1.54, 1.807) is 11.3 Å². The van der Waals surface area contributed by atoms with Crippen molar-refractivity contribution >= 4 is 29.7 Å². The monoisotopic (exact) mass is 260 g/mol. The van der Waals surface area contributed by atoms with Crippen LogP contribution in [0.1, 0.15) is 17.7 Å². The van der Waals surface area contributed by atoms with E-state index in [2.05, 4.69) is 10.6 Å². The number of carbonyl (C=O) groups is 1. The summed E-state index contributed by atoms with van der Waals surface area (Å²) in [5.41, 5.74) is 0. The molecule has 1 aromatic heterocycles. The quantitative estimate of drug-likeness (QED) is 0.819. The van der Waals surface area contributed by atoms with Crippen LogP contribution in [0.3, 0.4) is 0 Å². The predicted molar refractivity (Wildman–Crippen MR) is 69.0 cm³/mol. The third-order valence-corrected chi connectivity index (χ3v) is 3.33. The van der Waals surface area contributed by atoms with Gasteiger partial charge in [0, 0.05) is 4.88 Å². The topological polar surface area (TPSA) is 41.1 Å². The van der Waals surface area contributed by atoms with Gasteiger partial charge in [0.1, 0.15) is 0 Å². The highest BCUT2D eigenvalue weighted by Gasteiger charge is 2.20. The molecule has 5 heteroatoms. The second kappa shape index (κ2) is 6.89. The lowest BCUT2D eigenvalue weighted by Gasteiger charge is -2.04. The average Bonchev–Trinajstić information content (AvgIpc) is 2.91. The standard InChI is InChI=1S/C11H16N2OS.ClH/c14-11(8-12-6-9-3-4-9)13-7-10-2-1-5-15-10;/h1-2,5,9,12H,3-4,6-8H2,(H,13,14);1H. The summed E-state index contributed by atoms with van der Waals surface area (Å²) < 4.78 is 0. The number of nitrogens with one attached hydrogen (secondary N) is 2. The first-order chi connectivity index (χ1) is 7.34. The van der Waals surface area contributed by atoms with Crippen LogP contribution in [0.4, 0.5) is 0 Å². The van der Waals surface area contributed by atoms with Crippen LogP contribution in [0.15, 0.2) is 17.5 Å². The van der Waals surface area contributed by atoms with Crippen LogP contribution in [0, 0.1) is 5.92 Å². The minimum atomic E-state index is 0. The smallest absolute Gasteiger partial charge is 0.234 e. The Bertz CT molecular complexity index is 312. The van der Waals surface area contributed by atoms with Gasteiger partial charge in [-0.05, 0) is 36.8 Å². The molecule has 0 bridgehead atoms. The zero-order chi connectivity index (χ0) is 10.5. The average molecular weight is 261 g/mol. The SMILES string of the molecule is Cl.O=C(CNCC1CC1)NCc1cccs1. The van der Waals surface area contributed by atoms with Gasteiger partial charge in [0.15, 0.2) is 0 Å². The third kappa shape index (κ3) is 4.96. The fourth-order valence-electron chi connectivity index (χ4n) is 1.37. The van der Waals surface area contributed by atoms with E-state index in [1.165, 1.54) is 17.7 Å². The van der Waals surface area contributed by atoms with Crippen molar-refractivity contribution in [1.29, 1.82) is 0 Å². The minimum Gasteiger partial charge on any atom is -0.350 e. The number of rotatable bonds is 6. The summed E-state index contributed by atoms with van der Waals surface area (Å²) in [5, 5.41) is 8.08. The third-order valence-electron chi connectivity index (χ3n) is 2.46. The Morgan fingerprint density at radius 3 is 2.94 bits per heavy atom. The van der Waals surface area contributed by atoms with Crippen molar-refractivity contribution in [2.75, 3.05) is 13.1 Å². The van der Waals surface area contributed by atoms with Crippen LogP contribution in [0.2, 0.25) is 0 Å². The number of thiophene rings is 1. The molecule has 0 aliphatic heterocycles. The molecule has 0 unspecified atom stereocenters. The number of carbonyl (C=O) groups excluding carboxylic acids is 1. The van der Waals surface area contributed by atoms with Crippen molar-refractivity contribution in [3.8, 4) is 0 Å². The van der Waals surface area contributed by atoms with Crippen molar-refractivity contribution in [2.24, 2.45) is 5.92 Å². The van der Waals surface area contributed by atoms with Gasteiger partial charge in [-0.15, -0.1) is 23.7 Å². The molecule has 1 amide bonds. The normalized spacial score (nSPS) is 14.2. The highest BCUT2D eigenvalue weighted by atomic mass is 35.5. The summed E-state index contributed by atoms with van der Waals surface area (Å²) in [4.78, 5) is 12.6. The Kier molecular flexibility index (Phi) is 5.80. The first-order valence-corrected chi connectivity index (χ1v) is 6.22. The highest BCUT2D eigenvalue weighted by molar-refractivity contribution is 7.09. The van der Waals surface area contributed by atoms with E-state index in [4.69, 9.17) is 0 Å². The molecular weight excluding hydrogens is 244 g/mol. The molecule has 1 aliphatic carbocycles. The molecule has 3 nitrogen and oxygen atoms in total. The Balaban J connectivity index is 0.00000128. The van der Waals surface area contributed by atoms with E-state index >= 15 is 0 Å². The van der Waals surface area contributed by atoms with Gasteiger partial charge >= 0.3 is 0 Å². The Labute approximate surface area is 106 Å². The van der Waals surface area contributed by atoms with Gasteiger partial charge in [0.05, 0.1) is 13.1 Å². The molecule has 90 valence electrons. The van der Waals surface area contributed by atoms with Crippen LogP contribution in [-0.4, -0.2) is 19.0 Å². The Hall–Kier alpha value is -0.580. The van der Waals surface area contributed by atoms with Gasteiger partial charge < -0.3 is 10.6 Å². The molecule has 1 saturated carbocycles. The lowest BCUT2D eigenvalue weighted by atomic mass is 10.4. The summed E-state index contributed by atoms with van der Waals surface area (Å²) in [6.07, 6.45) is 2.65. The van der Waals surface area contributed by atoms with Crippen LogP contribution in [-0.2, 0) is 11.3 Å². The van der Waals surface area contributed by atoms with E-state index < -0.39 is 0 Å². The van der Waals surface area contributed by atoms with Crippen molar-refractivity contribution < 1.29 is 4.79 Å². The lowest BCUT2D eigenvalue weighted by molar-refractivity contribution is -0.120. The molecule has 2 N–H and O–H groups in total. The molecule has 0 radical (unpaired) electrons. The Morgan fingerprint density at radius 1 is 1.50 bits per heavy atom. The molecule has 1 fully saturated rings. The molecule has 0 atom stereocenters. The lowest BCUT2D eigenvalue weighted by Crippen LogP contribution is -2.34. The summed E-state index contributed by atoms with van der Waals surface area (Å²) >= 11 is 1.67. The molecule has 1 aliphatic rings. The second-order valence-corrected chi connectivity index (χ2v) is 4.96. The predicted octanol–water partition coefficient (Wildman–Crippen LogP) is 1.79. The van der Waals surface area contributed by atoms with Gasteiger partial charge in [-0.25, -0.2) is 0 Å². The van der Waals surface area contributed by atoms with Crippen molar-refractivity contribution in [1.82, 2.24) is 10.6 Å². The van der Waals surface area contributed by atoms with Crippen molar-refractivity contribution in [2.45, 2.75) is 19.4 Å². The van der Waals surface area contributed by atoms with Gasteiger partial charge in [0.2, 0.25) is 5.91 Å². The molecule has 0 aromatic carbocycles. The summed E-state index contributed by atoms with van der Waals surface area (Å²) in [7, 11) is 0. The van der Waals surface area contributed by atoms with Gasteiger partial charge in [-0.2, -0.15) is 0 Å². The molecule has 0 spiro atoms. The summed E-state index contributed by atoms with van der Waals surface area (Å²) in [5.74, 6) is 0.916. The van der Waals surface area contributed by atoms with E-state index in [9.17, 15) is 4.79 Å². The number of halogens is 1. The minimum absolute atomic E-state index is 0. The second-order valence-electron chi connectivity index (χ2n) is 3.93.